The molecule has 0 unspecified atom stereocenters. The minimum absolute atomic E-state index is 0.119. The molecule has 1 aromatic carbocycles. The normalized spacial score (nSPS) is 14.3. The van der Waals surface area contributed by atoms with E-state index in [0.717, 1.165) is 12.8 Å². The lowest BCUT2D eigenvalue weighted by Gasteiger charge is -2.12. The van der Waals surface area contributed by atoms with E-state index in [1.807, 2.05) is 0 Å². The highest BCUT2D eigenvalue weighted by Crippen LogP contribution is 2.39. The van der Waals surface area contributed by atoms with Gasteiger partial charge in [0.15, 0.2) is 18.1 Å². The van der Waals surface area contributed by atoms with Crippen molar-refractivity contribution < 1.29 is 19.1 Å². The predicted octanol–water partition coefficient (Wildman–Crippen LogP) is 2.03. The summed E-state index contributed by atoms with van der Waals surface area (Å²) in [6, 6.07) is 5.36. The van der Waals surface area contributed by atoms with Gasteiger partial charge in [-0.1, -0.05) is 17.3 Å². The number of rotatable bonds is 6. The minimum atomic E-state index is -0.119. The van der Waals surface area contributed by atoms with Crippen LogP contribution < -0.4 is 9.47 Å². The summed E-state index contributed by atoms with van der Waals surface area (Å²) in [6.07, 6.45) is 2.23. The van der Waals surface area contributed by atoms with Gasteiger partial charge in [0.2, 0.25) is 11.7 Å². The molecule has 106 valence electrons. The van der Waals surface area contributed by atoms with E-state index in [2.05, 4.69) is 10.1 Å². The number of hydrogen-bond acceptors (Lipinski definition) is 6. The van der Waals surface area contributed by atoms with Crippen molar-refractivity contribution in [2.75, 3.05) is 7.11 Å². The number of aromatic nitrogens is 2. The first kappa shape index (κ1) is 12.9. The molecule has 0 amide bonds. The third kappa shape index (κ3) is 2.60. The molecule has 1 saturated carbocycles. The number of methoxy groups -OCH3 is 1. The van der Waals surface area contributed by atoms with Crippen molar-refractivity contribution in [3.8, 4) is 11.5 Å². The molecule has 0 saturated heterocycles. The molecule has 0 spiro atoms. The second-order valence-corrected chi connectivity index (χ2v) is 4.72. The second-order valence-electron chi connectivity index (χ2n) is 4.72. The maximum atomic E-state index is 9.34. The molecule has 0 aliphatic heterocycles. The van der Waals surface area contributed by atoms with Gasteiger partial charge >= 0.3 is 0 Å². The van der Waals surface area contributed by atoms with E-state index < -0.39 is 0 Å². The number of benzene rings is 1. The molecule has 1 aliphatic rings. The summed E-state index contributed by atoms with van der Waals surface area (Å²) in [6.45, 7) is 0.0652. The monoisotopic (exact) mass is 276 g/mol. The summed E-state index contributed by atoms with van der Waals surface area (Å²) in [5.74, 6) is 2.70. The predicted molar refractivity (Wildman–Crippen MR) is 69.5 cm³/mol. The molecule has 3 rings (SSSR count). The molecule has 2 aromatic rings. The molecule has 6 heteroatoms. The Bertz CT molecular complexity index is 570. The molecule has 1 aliphatic carbocycles. The minimum Gasteiger partial charge on any atom is -0.493 e. The summed E-state index contributed by atoms with van der Waals surface area (Å²) in [7, 11) is 1.56. The molecule has 0 radical (unpaired) electrons. The lowest BCUT2D eigenvalue weighted by atomic mass is 10.2. The first-order valence-corrected chi connectivity index (χ1v) is 6.54. The number of aliphatic hydroxyl groups is 1. The summed E-state index contributed by atoms with van der Waals surface area (Å²) < 4.78 is 16.1. The van der Waals surface area contributed by atoms with Crippen molar-refractivity contribution in [2.24, 2.45) is 0 Å². The van der Waals surface area contributed by atoms with Crippen LogP contribution in [0.4, 0.5) is 0 Å². The Morgan fingerprint density at radius 3 is 2.95 bits per heavy atom. The maximum absolute atomic E-state index is 9.34. The summed E-state index contributed by atoms with van der Waals surface area (Å²) in [5.41, 5.74) is 0.662. The zero-order valence-electron chi connectivity index (χ0n) is 11.2. The zero-order valence-corrected chi connectivity index (χ0v) is 11.2. The number of aliphatic hydroxyl groups excluding tert-OH is 1. The zero-order chi connectivity index (χ0) is 13.9. The first-order valence-electron chi connectivity index (χ1n) is 6.54. The van der Waals surface area contributed by atoms with Gasteiger partial charge in [-0.25, -0.2) is 0 Å². The SMILES string of the molecule is COc1cccc(CO)c1OCc1noc(C2CC2)n1. The van der Waals surface area contributed by atoms with E-state index in [-0.39, 0.29) is 13.2 Å². The van der Waals surface area contributed by atoms with Gasteiger partial charge in [0, 0.05) is 11.5 Å². The van der Waals surface area contributed by atoms with Crippen LogP contribution in [0.25, 0.3) is 0 Å². The molecular formula is C14H16N2O4. The number of nitrogens with zero attached hydrogens (tertiary/aromatic N) is 2. The van der Waals surface area contributed by atoms with Crippen LogP contribution in [0.2, 0.25) is 0 Å². The van der Waals surface area contributed by atoms with Crippen LogP contribution in [-0.4, -0.2) is 22.4 Å². The van der Waals surface area contributed by atoms with E-state index >= 15 is 0 Å². The smallest absolute Gasteiger partial charge is 0.229 e. The van der Waals surface area contributed by atoms with Gasteiger partial charge in [-0.05, 0) is 18.9 Å². The third-order valence-electron chi connectivity index (χ3n) is 3.21. The van der Waals surface area contributed by atoms with Gasteiger partial charge < -0.3 is 19.1 Å². The Hall–Kier alpha value is -2.08. The van der Waals surface area contributed by atoms with Crippen molar-refractivity contribution in [3.05, 3.63) is 35.5 Å². The van der Waals surface area contributed by atoms with Gasteiger partial charge in [-0.2, -0.15) is 4.98 Å². The van der Waals surface area contributed by atoms with Crippen molar-refractivity contribution >= 4 is 0 Å². The Labute approximate surface area is 116 Å². The average molecular weight is 276 g/mol. The fourth-order valence-electron chi connectivity index (χ4n) is 1.97. The lowest BCUT2D eigenvalue weighted by molar-refractivity contribution is 0.243. The molecule has 0 bridgehead atoms. The summed E-state index contributed by atoms with van der Waals surface area (Å²) in [5, 5.41) is 13.2. The number of para-hydroxylation sites is 1. The van der Waals surface area contributed by atoms with Crippen LogP contribution in [0.5, 0.6) is 11.5 Å². The van der Waals surface area contributed by atoms with Gasteiger partial charge in [0.1, 0.15) is 0 Å². The largest absolute Gasteiger partial charge is 0.493 e. The van der Waals surface area contributed by atoms with Crippen LogP contribution in [0.3, 0.4) is 0 Å². The van der Waals surface area contributed by atoms with Gasteiger partial charge in [-0.3, -0.25) is 0 Å². The molecule has 1 aromatic heterocycles. The summed E-state index contributed by atoms with van der Waals surface area (Å²) in [4.78, 5) is 4.29. The van der Waals surface area contributed by atoms with Crippen molar-refractivity contribution in [1.82, 2.24) is 10.1 Å². The van der Waals surface area contributed by atoms with E-state index in [4.69, 9.17) is 14.0 Å². The van der Waals surface area contributed by atoms with Crippen LogP contribution in [-0.2, 0) is 13.2 Å². The maximum Gasteiger partial charge on any atom is 0.229 e. The third-order valence-corrected chi connectivity index (χ3v) is 3.21. The Balaban J connectivity index is 1.73. The molecule has 1 N–H and O–H groups in total. The Morgan fingerprint density at radius 2 is 2.25 bits per heavy atom. The highest BCUT2D eigenvalue weighted by Gasteiger charge is 2.29. The molecular weight excluding hydrogens is 260 g/mol. The average Bonchev–Trinajstić information content (AvgIpc) is 3.23. The highest BCUT2D eigenvalue weighted by molar-refractivity contribution is 5.46. The first-order chi connectivity index (χ1) is 9.81. The van der Waals surface area contributed by atoms with Gasteiger partial charge in [0.25, 0.3) is 0 Å². The quantitative estimate of drug-likeness (QED) is 0.869. The Morgan fingerprint density at radius 1 is 1.40 bits per heavy atom. The van der Waals surface area contributed by atoms with E-state index in [1.54, 1.807) is 25.3 Å². The number of hydrogen-bond donors (Lipinski definition) is 1. The fourth-order valence-corrected chi connectivity index (χ4v) is 1.97. The van der Waals surface area contributed by atoms with Crippen LogP contribution in [0, 0.1) is 0 Å². The van der Waals surface area contributed by atoms with Crippen LogP contribution in [0.15, 0.2) is 22.7 Å². The van der Waals surface area contributed by atoms with Gasteiger partial charge in [0.05, 0.1) is 13.7 Å². The van der Waals surface area contributed by atoms with Crippen LogP contribution >= 0.6 is 0 Å². The van der Waals surface area contributed by atoms with E-state index in [9.17, 15) is 5.11 Å². The lowest BCUT2D eigenvalue weighted by Crippen LogP contribution is -2.02. The number of ether oxygens (including phenoxy) is 2. The molecule has 6 nitrogen and oxygen atoms in total. The van der Waals surface area contributed by atoms with Gasteiger partial charge in [-0.15, -0.1) is 0 Å². The van der Waals surface area contributed by atoms with E-state index in [0.29, 0.717) is 34.7 Å². The highest BCUT2D eigenvalue weighted by atomic mass is 16.5. The van der Waals surface area contributed by atoms with Crippen molar-refractivity contribution in [1.29, 1.82) is 0 Å². The van der Waals surface area contributed by atoms with Crippen molar-refractivity contribution in [2.45, 2.75) is 32.0 Å². The molecule has 20 heavy (non-hydrogen) atoms. The Kier molecular flexibility index (Phi) is 3.56. The molecule has 0 atom stereocenters. The second kappa shape index (κ2) is 5.50. The molecule has 1 heterocycles. The topological polar surface area (TPSA) is 77.6 Å². The van der Waals surface area contributed by atoms with E-state index in [1.165, 1.54) is 0 Å². The summed E-state index contributed by atoms with van der Waals surface area (Å²) >= 11 is 0. The van der Waals surface area contributed by atoms with Crippen LogP contribution in [0.1, 0.15) is 36.0 Å². The standard InChI is InChI=1S/C14H16N2O4/c1-18-11-4-2-3-10(7-17)13(11)19-8-12-15-14(20-16-12)9-5-6-9/h2-4,9,17H,5-8H2,1H3. The van der Waals surface area contributed by atoms with Crippen molar-refractivity contribution in [3.63, 3.8) is 0 Å². The molecule has 1 fully saturated rings. The fraction of sp³-hybridized carbons (Fsp3) is 0.429.